The zero-order valence-electron chi connectivity index (χ0n) is 20.5. The number of hydrogen-bond donors (Lipinski definition) is 0. The van der Waals surface area contributed by atoms with Crippen LogP contribution in [0.3, 0.4) is 0 Å². The fourth-order valence-electron chi connectivity index (χ4n) is 4.94. The molecule has 36 heavy (non-hydrogen) atoms. The average Bonchev–Trinajstić information content (AvgIpc) is 3.06. The molecule has 1 saturated heterocycles. The maximum Gasteiger partial charge on any atom is 0.246 e. The summed E-state index contributed by atoms with van der Waals surface area (Å²) < 4.78 is 7.91. The Morgan fingerprint density at radius 2 is 2.06 bits per heavy atom. The normalized spacial score (nSPS) is 18.9. The molecule has 1 fully saturated rings. The Morgan fingerprint density at radius 3 is 2.83 bits per heavy atom. The van der Waals surface area contributed by atoms with Crippen LogP contribution < -0.4 is 14.7 Å². The number of anilines is 1. The summed E-state index contributed by atoms with van der Waals surface area (Å²) in [4.78, 5) is 25.9. The second-order valence-electron chi connectivity index (χ2n) is 9.18. The molecule has 9 heteroatoms. The van der Waals surface area contributed by atoms with Crippen molar-refractivity contribution in [1.29, 1.82) is 0 Å². The van der Waals surface area contributed by atoms with Gasteiger partial charge >= 0.3 is 0 Å². The number of fused-ring (bicyclic) bond motifs is 2. The van der Waals surface area contributed by atoms with E-state index in [1.807, 2.05) is 35.6 Å². The van der Waals surface area contributed by atoms with E-state index in [4.69, 9.17) is 21.3 Å². The summed E-state index contributed by atoms with van der Waals surface area (Å²) in [5.74, 6) is 0.490. The van der Waals surface area contributed by atoms with Gasteiger partial charge in [-0.2, -0.15) is 0 Å². The molecular weight excluding hydrogens is 478 g/mol. The molecule has 2 aliphatic rings. The summed E-state index contributed by atoms with van der Waals surface area (Å²) in [6, 6.07) is 10.7. The lowest BCUT2D eigenvalue weighted by Gasteiger charge is -2.29. The fraction of sp³-hybridized carbons (Fsp3) is 0.370. The van der Waals surface area contributed by atoms with Gasteiger partial charge in [-0.25, -0.2) is 9.98 Å². The Bertz CT molecular complexity index is 1330. The van der Waals surface area contributed by atoms with Crippen LogP contribution in [0.5, 0.6) is 5.75 Å². The van der Waals surface area contributed by atoms with Gasteiger partial charge in [0.1, 0.15) is 11.6 Å². The van der Waals surface area contributed by atoms with Gasteiger partial charge in [-0.3, -0.25) is 4.79 Å². The SMILES string of the molecule is C/C=C/C(=O)N1CCCC[C@@H](n2c(N=C([O-])c3ccccc3)nc3cc4c(c(Cl)c32)OCCN4C)C1. The molecule has 2 aromatic carbocycles. The first-order valence-corrected chi connectivity index (χ1v) is 12.7. The van der Waals surface area contributed by atoms with Crippen LogP contribution in [0.1, 0.15) is 37.8 Å². The number of hydrogen-bond acceptors (Lipinski definition) is 6. The molecule has 1 atom stereocenters. The third kappa shape index (κ3) is 4.53. The molecule has 3 aromatic rings. The molecule has 0 unspecified atom stereocenters. The first-order chi connectivity index (χ1) is 17.5. The molecular formula is C27H29ClN5O3-. The largest absolute Gasteiger partial charge is 0.858 e. The Balaban J connectivity index is 1.69. The first kappa shape index (κ1) is 24.2. The maximum absolute atomic E-state index is 13.1. The number of rotatable bonds is 4. The Labute approximate surface area is 215 Å². The number of aromatic nitrogens is 2. The van der Waals surface area contributed by atoms with E-state index >= 15 is 0 Å². The Kier molecular flexibility index (Phi) is 6.87. The van der Waals surface area contributed by atoms with Crippen molar-refractivity contribution in [3.63, 3.8) is 0 Å². The van der Waals surface area contributed by atoms with E-state index < -0.39 is 0 Å². The predicted octanol–water partition coefficient (Wildman–Crippen LogP) is 4.09. The van der Waals surface area contributed by atoms with E-state index in [2.05, 4.69) is 9.89 Å². The number of benzene rings is 2. The second kappa shape index (κ2) is 10.2. The minimum Gasteiger partial charge on any atom is -0.858 e. The number of imidazole rings is 1. The van der Waals surface area contributed by atoms with E-state index in [1.165, 1.54) is 0 Å². The summed E-state index contributed by atoms with van der Waals surface area (Å²) in [5, 5.41) is 13.5. The second-order valence-corrected chi connectivity index (χ2v) is 9.55. The molecule has 1 aromatic heterocycles. The molecule has 3 heterocycles. The highest BCUT2D eigenvalue weighted by molar-refractivity contribution is 6.37. The number of likely N-dealkylation sites (N-methyl/N-ethyl adjacent to an activating group) is 1. The minimum atomic E-state index is -0.378. The quantitative estimate of drug-likeness (QED) is 0.302. The van der Waals surface area contributed by atoms with Crippen LogP contribution in [0.25, 0.3) is 11.0 Å². The first-order valence-electron chi connectivity index (χ1n) is 12.3. The van der Waals surface area contributed by atoms with Crippen LogP contribution in [-0.2, 0) is 4.79 Å². The number of ether oxygens (including phenoxy) is 1. The number of likely N-dealkylation sites (tertiary alicyclic amines) is 1. The summed E-state index contributed by atoms with van der Waals surface area (Å²) in [6.45, 7) is 4.26. The van der Waals surface area contributed by atoms with Crippen LogP contribution in [0.2, 0.25) is 5.02 Å². The molecule has 0 bridgehead atoms. The van der Waals surface area contributed by atoms with Crippen molar-refractivity contribution in [3.05, 3.63) is 59.1 Å². The molecule has 0 aliphatic carbocycles. The number of nitrogens with zero attached hydrogens (tertiary/aromatic N) is 5. The van der Waals surface area contributed by atoms with E-state index in [0.29, 0.717) is 47.1 Å². The van der Waals surface area contributed by atoms with Crippen molar-refractivity contribution < 1.29 is 14.6 Å². The highest BCUT2D eigenvalue weighted by Gasteiger charge is 2.30. The number of carbonyl (C=O) groups excluding carboxylic acids is 1. The lowest BCUT2D eigenvalue weighted by Crippen LogP contribution is -2.34. The van der Waals surface area contributed by atoms with Crippen molar-refractivity contribution in [2.45, 2.75) is 32.2 Å². The maximum atomic E-state index is 13.1. The van der Waals surface area contributed by atoms with E-state index in [0.717, 1.165) is 31.5 Å². The minimum absolute atomic E-state index is 0.0268. The van der Waals surface area contributed by atoms with Crippen molar-refractivity contribution in [2.24, 2.45) is 4.99 Å². The van der Waals surface area contributed by atoms with Gasteiger partial charge in [0.05, 0.1) is 29.3 Å². The Hall–Kier alpha value is -3.52. The highest BCUT2D eigenvalue weighted by Crippen LogP contribution is 2.45. The smallest absolute Gasteiger partial charge is 0.246 e. The average molecular weight is 507 g/mol. The monoisotopic (exact) mass is 506 g/mol. The van der Waals surface area contributed by atoms with Gasteiger partial charge < -0.3 is 24.2 Å². The van der Waals surface area contributed by atoms with Gasteiger partial charge in [0.25, 0.3) is 0 Å². The zero-order chi connectivity index (χ0) is 25.2. The molecule has 1 amide bonds. The highest BCUT2D eigenvalue weighted by atomic mass is 35.5. The van der Waals surface area contributed by atoms with Crippen molar-refractivity contribution in [1.82, 2.24) is 14.5 Å². The molecule has 0 radical (unpaired) electrons. The van der Waals surface area contributed by atoms with E-state index in [1.54, 1.807) is 36.4 Å². The van der Waals surface area contributed by atoms with E-state index in [-0.39, 0.29) is 23.8 Å². The predicted molar refractivity (Wildman–Crippen MR) is 140 cm³/mol. The molecule has 8 nitrogen and oxygen atoms in total. The summed E-state index contributed by atoms with van der Waals surface area (Å²) in [5.41, 5.74) is 2.66. The standard InChI is InChI=1S/C27H30ClN5O3/c1-3-9-22(34)32-13-8-7-12-19(17-32)33-24-20(16-21-25(23(24)28)36-15-14-31(21)2)29-27(33)30-26(35)18-10-5-4-6-11-18/h3-6,9-11,16,19H,7-8,12-15,17H2,1-2H3,(H,29,30,35)/p-1/b9-3+/t19-/m1/s1. The summed E-state index contributed by atoms with van der Waals surface area (Å²) in [7, 11) is 1.99. The van der Waals surface area contributed by atoms with Crippen LogP contribution in [0.15, 0.2) is 53.5 Å². The zero-order valence-corrected chi connectivity index (χ0v) is 21.2. The third-order valence-corrected chi connectivity index (χ3v) is 7.12. The summed E-state index contributed by atoms with van der Waals surface area (Å²) >= 11 is 6.97. The van der Waals surface area contributed by atoms with Gasteiger partial charge in [0, 0.05) is 20.1 Å². The number of allylic oxidation sites excluding steroid dienone is 1. The lowest BCUT2D eigenvalue weighted by molar-refractivity contribution is -0.212. The molecule has 0 saturated carbocycles. The van der Waals surface area contributed by atoms with Crippen LogP contribution >= 0.6 is 11.6 Å². The topological polar surface area (TPSA) is 86.0 Å². The van der Waals surface area contributed by atoms with Gasteiger partial charge in [-0.15, -0.1) is 0 Å². The van der Waals surface area contributed by atoms with Gasteiger partial charge in [0.2, 0.25) is 11.9 Å². The van der Waals surface area contributed by atoms with Crippen molar-refractivity contribution in [3.8, 4) is 5.75 Å². The molecule has 5 rings (SSSR count). The van der Waals surface area contributed by atoms with Crippen LogP contribution in [0, 0.1) is 0 Å². The van der Waals surface area contributed by atoms with Crippen molar-refractivity contribution in [2.75, 3.05) is 38.2 Å². The van der Waals surface area contributed by atoms with Crippen molar-refractivity contribution >= 4 is 46.1 Å². The number of carbonyl (C=O) groups is 1. The third-order valence-electron chi connectivity index (χ3n) is 6.77. The van der Waals surface area contributed by atoms with Gasteiger partial charge in [-0.1, -0.05) is 48.0 Å². The number of amides is 1. The molecule has 0 N–H and O–H groups in total. The van der Waals surface area contributed by atoms with Crippen LogP contribution in [-0.4, -0.2) is 59.5 Å². The van der Waals surface area contributed by atoms with E-state index in [9.17, 15) is 9.90 Å². The lowest BCUT2D eigenvalue weighted by atomic mass is 10.1. The van der Waals surface area contributed by atoms with Gasteiger partial charge in [0.15, 0.2) is 5.75 Å². The molecule has 0 spiro atoms. The Morgan fingerprint density at radius 1 is 1.25 bits per heavy atom. The molecule has 2 aliphatic heterocycles. The summed E-state index contributed by atoms with van der Waals surface area (Å²) in [6.07, 6.45) is 5.98. The number of aliphatic imine (C=N–C) groups is 1. The number of halogens is 1. The molecule has 188 valence electrons. The fourth-order valence-corrected chi connectivity index (χ4v) is 5.28. The van der Waals surface area contributed by atoms with Gasteiger partial charge in [-0.05, 0) is 49.8 Å². The van der Waals surface area contributed by atoms with Crippen LogP contribution in [0.4, 0.5) is 11.6 Å².